The quantitative estimate of drug-likeness (QED) is 0.739. The van der Waals surface area contributed by atoms with Gasteiger partial charge in [0.15, 0.2) is 0 Å². The fourth-order valence-electron chi connectivity index (χ4n) is 2.65. The predicted octanol–water partition coefficient (Wildman–Crippen LogP) is 2.15. The van der Waals surface area contributed by atoms with Crippen LogP contribution < -0.4 is 10.6 Å². The second-order valence-electron chi connectivity index (χ2n) is 6.34. The molecule has 0 radical (unpaired) electrons. The van der Waals surface area contributed by atoms with E-state index >= 15 is 0 Å². The lowest BCUT2D eigenvalue weighted by Gasteiger charge is -2.06. The van der Waals surface area contributed by atoms with Crippen molar-refractivity contribution in [1.29, 1.82) is 0 Å². The molecule has 4 rings (SSSR count). The fourth-order valence-corrected chi connectivity index (χ4v) is 2.65. The minimum atomic E-state index is -0.324. The van der Waals surface area contributed by atoms with E-state index in [2.05, 4.69) is 15.6 Å². The van der Waals surface area contributed by atoms with Crippen molar-refractivity contribution in [2.24, 2.45) is 0 Å². The first-order valence-corrected chi connectivity index (χ1v) is 8.41. The van der Waals surface area contributed by atoms with Crippen molar-refractivity contribution in [3.63, 3.8) is 0 Å². The summed E-state index contributed by atoms with van der Waals surface area (Å²) in [6.07, 6.45) is 5.45. The number of rotatable bonds is 5. The van der Waals surface area contributed by atoms with Crippen molar-refractivity contribution in [3.8, 4) is 11.3 Å². The largest absolute Gasteiger partial charge is 0.352 e. The SMILES string of the molecule is O=C(CNC(=O)c1ccc2nc(-c3ccc(F)cc3)cn2c1)NC1CC1. The molecule has 0 unspecified atom stereocenters. The van der Waals surface area contributed by atoms with Crippen molar-refractivity contribution < 1.29 is 14.0 Å². The highest BCUT2D eigenvalue weighted by atomic mass is 19.1. The molecule has 1 fully saturated rings. The Morgan fingerprint density at radius 1 is 1.12 bits per heavy atom. The standard InChI is InChI=1S/C19H17FN4O2/c20-14-4-1-12(2-5-14)16-11-24-10-13(3-8-17(24)23-16)19(26)21-9-18(25)22-15-6-7-15/h1-5,8,10-11,15H,6-7,9H2,(H,21,26)(H,22,25). The van der Waals surface area contributed by atoms with Gasteiger partial charge in [-0.05, 0) is 49.2 Å². The smallest absolute Gasteiger partial charge is 0.253 e. The normalized spacial score (nSPS) is 13.6. The third kappa shape index (κ3) is 3.56. The van der Waals surface area contributed by atoms with Crippen LogP contribution in [-0.4, -0.2) is 33.8 Å². The molecule has 0 bridgehead atoms. The van der Waals surface area contributed by atoms with Crippen LogP contribution in [0.4, 0.5) is 4.39 Å². The van der Waals surface area contributed by atoms with Crippen LogP contribution in [0.1, 0.15) is 23.2 Å². The van der Waals surface area contributed by atoms with Gasteiger partial charge in [0.05, 0.1) is 17.8 Å². The number of carbonyl (C=O) groups excluding carboxylic acids is 2. The Labute approximate surface area is 149 Å². The van der Waals surface area contributed by atoms with E-state index in [0.717, 1.165) is 18.4 Å². The van der Waals surface area contributed by atoms with E-state index in [-0.39, 0.29) is 30.2 Å². The first-order valence-electron chi connectivity index (χ1n) is 8.41. The second-order valence-corrected chi connectivity index (χ2v) is 6.34. The number of hydrogen-bond donors (Lipinski definition) is 2. The van der Waals surface area contributed by atoms with E-state index < -0.39 is 0 Å². The molecule has 2 N–H and O–H groups in total. The zero-order chi connectivity index (χ0) is 18.1. The lowest BCUT2D eigenvalue weighted by atomic mass is 10.2. The Morgan fingerprint density at radius 3 is 2.62 bits per heavy atom. The maximum absolute atomic E-state index is 13.1. The number of pyridine rings is 1. The molecule has 0 saturated heterocycles. The van der Waals surface area contributed by atoms with Crippen molar-refractivity contribution in [2.45, 2.75) is 18.9 Å². The second kappa shape index (κ2) is 6.59. The third-order valence-electron chi connectivity index (χ3n) is 4.21. The number of fused-ring (bicyclic) bond motifs is 1. The highest BCUT2D eigenvalue weighted by molar-refractivity contribution is 5.96. The number of nitrogens with one attached hydrogen (secondary N) is 2. The van der Waals surface area contributed by atoms with Gasteiger partial charge in [0.2, 0.25) is 5.91 Å². The van der Waals surface area contributed by atoms with Crippen molar-refractivity contribution in [3.05, 3.63) is 60.2 Å². The Hall–Kier alpha value is -3.22. The molecule has 7 heteroatoms. The first-order chi connectivity index (χ1) is 12.6. The zero-order valence-electron chi connectivity index (χ0n) is 13.9. The number of benzene rings is 1. The molecular weight excluding hydrogens is 335 g/mol. The number of halogens is 1. The molecule has 3 aromatic rings. The van der Waals surface area contributed by atoms with E-state index in [1.165, 1.54) is 12.1 Å². The fraction of sp³-hybridized carbons (Fsp3) is 0.211. The van der Waals surface area contributed by atoms with Crippen LogP contribution in [0.25, 0.3) is 16.9 Å². The maximum atomic E-state index is 13.1. The minimum absolute atomic E-state index is 0.0435. The highest BCUT2D eigenvalue weighted by Crippen LogP contribution is 2.20. The average molecular weight is 352 g/mol. The summed E-state index contributed by atoms with van der Waals surface area (Å²) in [6.45, 7) is -0.0435. The van der Waals surface area contributed by atoms with Crippen LogP contribution in [0, 0.1) is 5.82 Å². The molecular formula is C19H17FN4O2. The van der Waals surface area contributed by atoms with Gasteiger partial charge >= 0.3 is 0 Å². The Bertz CT molecular complexity index is 977. The van der Waals surface area contributed by atoms with Crippen LogP contribution in [-0.2, 0) is 4.79 Å². The van der Waals surface area contributed by atoms with Gasteiger partial charge in [-0.3, -0.25) is 9.59 Å². The Kier molecular flexibility index (Phi) is 4.12. The van der Waals surface area contributed by atoms with Crippen molar-refractivity contribution in [2.75, 3.05) is 6.54 Å². The Morgan fingerprint density at radius 2 is 1.88 bits per heavy atom. The summed E-state index contributed by atoms with van der Waals surface area (Å²) in [5.41, 5.74) is 2.58. The van der Waals surface area contributed by atoms with Crippen LogP contribution in [0.2, 0.25) is 0 Å². The van der Waals surface area contributed by atoms with Gasteiger partial charge in [0.25, 0.3) is 5.91 Å². The number of aromatic nitrogens is 2. The summed E-state index contributed by atoms with van der Waals surface area (Å²) in [7, 11) is 0. The molecule has 26 heavy (non-hydrogen) atoms. The van der Waals surface area contributed by atoms with Gasteiger partial charge in [-0.1, -0.05) is 0 Å². The molecule has 0 aliphatic heterocycles. The summed E-state index contributed by atoms with van der Waals surface area (Å²) in [6, 6.07) is 9.73. The van der Waals surface area contributed by atoms with Gasteiger partial charge in [-0.15, -0.1) is 0 Å². The maximum Gasteiger partial charge on any atom is 0.253 e. The van der Waals surface area contributed by atoms with Gasteiger partial charge in [-0.25, -0.2) is 9.37 Å². The number of hydrogen-bond acceptors (Lipinski definition) is 3. The van der Waals surface area contributed by atoms with Crippen LogP contribution >= 0.6 is 0 Å². The molecule has 1 aromatic carbocycles. The summed E-state index contributed by atoms with van der Waals surface area (Å²) in [4.78, 5) is 28.4. The average Bonchev–Trinajstić information content (AvgIpc) is 3.34. The van der Waals surface area contributed by atoms with Gasteiger partial charge in [0, 0.05) is 24.0 Å². The molecule has 132 valence electrons. The number of carbonyl (C=O) groups is 2. The van der Waals surface area contributed by atoms with E-state index in [4.69, 9.17) is 0 Å². The van der Waals surface area contributed by atoms with Gasteiger partial charge in [-0.2, -0.15) is 0 Å². The van der Waals surface area contributed by atoms with Gasteiger partial charge in [0.1, 0.15) is 11.5 Å². The van der Waals surface area contributed by atoms with Crippen LogP contribution in [0.3, 0.4) is 0 Å². The van der Waals surface area contributed by atoms with E-state index in [9.17, 15) is 14.0 Å². The van der Waals surface area contributed by atoms with Crippen molar-refractivity contribution >= 4 is 17.5 Å². The van der Waals surface area contributed by atoms with E-state index in [0.29, 0.717) is 16.9 Å². The number of nitrogens with zero attached hydrogens (tertiary/aromatic N) is 2. The number of amides is 2. The molecule has 2 amide bonds. The lowest BCUT2D eigenvalue weighted by molar-refractivity contribution is -0.120. The van der Waals surface area contributed by atoms with Crippen LogP contribution in [0.5, 0.6) is 0 Å². The molecule has 0 atom stereocenters. The predicted molar refractivity (Wildman–Crippen MR) is 94.1 cm³/mol. The molecule has 0 spiro atoms. The minimum Gasteiger partial charge on any atom is -0.352 e. The molecule has 1 aliphatic rings. The monoisotopic (exact) mass is 352 g/mol. The van der Waals surface area contributed by atoms with Gasteiger partial charge < -0.3 is 15.0 Å². The molecule has 2 heterocycles. The molecule has 1 aliphatic carbocycles. The first kappa shape index (κ1) is 16.3. The molecule has 1 saturated carbocycles. The summed E-state index contributed by atoms with van der Waals surface area (Å²) in [5, 5.41) is 5.44. The zero-order valence-corrected chi connectivity index (χ0v) is 13.9. The molecule has 6 nitrogen and oxygen atoms in total. The lowest BCUT2D eigenvalue weighted by Crippen LogP contribution is -2.37. The highest BCUT2D eigenvalue weighted by Gasteiger charge is 2.23. The molecule has 2 aromatic heterocycles. The Balaban J connectivity index is 1.48. The summed E-state index contributed by atoms with van der Waals surface area (Å²) in [5.74, 6) is -0.805. The van der Waals surface area contributed by atoms with Crippen LogP contribution in [0.15, 0.2) is 48.8 Å². The number of imidazole rings is 1. The topological polar surface area (TPSA) is 75.5 Å². The summed E-state index contributed by atoms with van der Waals surface area (Å²) >= 11 is 0. The van der Waals surface area contributed by atoms with Crippen molar-refractivity contribution in [1.82, 2.24) is 20.0 Å². The van der Waals surface area contributed by atoms with E-state index in [1.54, 1.807) is 41.1 Å². The third-order valence-corrected chi connectivity index (χ3v) is 4.21. The van der Waals surface area contributed by atoms with E-state index in [1.807, 2.05) is 0 Å². The summed E-state index contributed by atoms with van der Waals surface area (Å²) < 4.78 is 14.8.